The summed E-state index contributed by atoms with van der Waals surface area (Å²) in [5, 5.41) is 13.3. The van der Waals surface area contributed by atoms with E-state index in [0.29, 0.717) is 0 Å². The van der Waals surface area contributed by atoms with Gasteiger partial charge in [-0.05, 0) is 105 Å². The lowest BCUT2D eigenvalue weighted by Crippen LogP contribution is -2.59. The van der Waals surface area contributed by atoms with Crippen LogP contribution in [0, 0.1) is 23.2 Å². The summed E-state index contributed by atoms with van der Waals surface area (Å²) in [6, 6.07) is 20.5. The molecule has 3 heterocycles. The molecule has 0 bridgehead atoms. The van der Waals surface area contributed by atoms with Crippen LogP contribution < -0.4 is 10.2 Å². The molecular weight excluding hydrogens is 428 g/mol. The van der Waals surface area contributed by atoms with E-state index in [9.17, 15) is 0 Å². The lowest BCUT2D eigenvalue weighted by molar-refractivity contribution is 0.0366. The maximum absolute atomic E-state index is 9.07. The number of likely N-dealkylation sites (tertiary alicyclic amines) is 1. The second-order valence-corrected chi connectivity index (χ2v) is 11.4. The van der Waals surface area contributed by atoms with Crippen molar-refractivity contribution < 1.29 is 0 Å². The van der Waals surface area contributed by atoms with Gasteiger partial charge in [0.05, 0.1) is 11.6 Å². The Hall–Kier alpha value is -2.35. The van der Waals surface area contributed by atoms with Crippen LogP contribution in [0.25, 0.3) is 0 Å². The summed E-state index contributed by atoms with van der Waals surface area (Å²) in [4.78, 5) is 5.33. The van der Waals surface area contributed by atoms with Crippen LogP contribution in [0.4, 0.5) is 5.69 Å². The highest BCUT2D eigenvalue weighted by Crippen LogP contribution is 2.50. The number of benzene rings is 2. The molecule has 4 nitrogen and oxygen atoms in total. The van der Waals surface area contributed by atoms with Gasteiger partial charge in [-0.3, -0.25) is 0 Å². The van der Waals surface area contributed by atoms with Crippen molar-refractivity contribution in [2.75, 3.05) is 37.6 Å². The fraction of sp³-hybridized carbons (Fsp3) is 0.581. The third kappa shape index (κ3) is 4.28. The number of piperidine rings is 2. The predicted molar refractivity (Wildman–Crippen MR) is 142 cm³/mol. The minimum absolute atomic E-state index is 0.205. The van der Waals surface area contributed by atoms with E-state index in [4.69, 9.17) is 5.26 Å². The van der Waals surface area contributed by atoms with Crippen LogP contribution in [0.5, 0.6) is 0 Å². The molecule has 0 radical (unpaired) electrons. The lowest BCUT2D eigenvalue weighted by atomic mass is 9.63. The highest BCUT2D eigenvalue weighted by molar-refractivity contribution is 5.50. The Morgan fingerprint density at radius 1 is 0.800 bits per heavy atom. The minimum atomic E-state index is 0.205. The van der Waals surface area contributed by atoms with Gasteiger partial charge >= 0.3 is 0 Å². The second-order valence-electron chi connectivity index (χ2n) is 11.4. The maximum Gasteiger partial charge on any atom is 0.0991 e. The van der Waals surface area contributed by atoms with Crippen LogP contribution in [0.15, 0.2) is 48.5 Å². The van der Waals surface area contributed by atoms with Gasteiger partial charge < -0.3 is 15.1 Å². The van der Waals surface area contributed by atoms with E-state index in [0.717, 1.165) is 43.1 Å². The topological polar surface area (TPSA) is 42.3 Å². The third-order valence-electron chi connectivity index (χ3n) is 9.79. The van der Waals surface area contributed by atoms with Gasteiger partial charge in [-0.25, -0.2) is 0 Å². The lowest BCUT2D eigenvalue weighted by Gasteiger charge is -2.53. The molecule has 1 saturated carbocycles. The number of fused-ring (bicyclic) bond motifs is 1. The molecule has 6 rings (SSSR count). The minimum Gasteiger partial charge on any atom is -0.371 e. The highest BCUT2D eigenvalue weighted by Gasteiger charge is 2.50. The molecule has 1 atom stereocenters. The molecule has 0 aromatic heterocycles. The monoisotopic (exact) mass is 468 g/mol. The van der Waals surface area contributed by atoms with Gasteiger partial charge in [-0.15, -0.1) is 0 Å². The zero-order valence-electron chi connectivity index (χ0n) is 21.1. The average molecular weight is 469 g/mol. The van der Waals surface area contributed by atoms with Gasteiger partial charge in [0.1, 0.15) is 0 Å². The summed E-state index contributed by atoms with van der Waals surface area (Å²) in [5.74, 6) is 1.55. The van der Waals surface area contributed by atoms with Crippen LogP contribution in [0.2, 0.25) is 0 Å². The summed E-state index contributed by atoms with van der Waals surface area (Å²) in [6.07, 6.45) is 12.0. The van der Waals surface area contributed by atoms with Crippen LogP contribution in [0.3, 0.4) is 0 Å². The normalized spacial score (nSPS) is 27.0. The first-order valence-corrected chi connectivity index (χ1v) is 14.1. The molecule has 184 valence electrons. The van der Waals surface area contributed by atoms with E-state index in [-0.39, 0.29) is 5.54 Å². The largest absolute Gasteiger partial charge is 0.371 e. The van der Waals surface area contributed by atoms with E-state index in [1.165, 1.54) is 76.6 Å². The Morgan fingerprint density at radius 3 is 2.20 bits per heavy atom. The SMILES string of the molecule is N#Cc1ccc(N2CCC(N3CCC(C4(C5CCCC5)NCCc5ccccc54)CC3)CC2)cc1. The van der Waals surface area contributed by atoms with Crippen molar-refractivity contribution in [1.29, 1.82) is 5.26 Å². The summed E-state index contributed by atoms with van der Waals surface area (Å²) in [5.41, 5.74) is 5.47. The van der Waals surface area contributed by atoms with Gasteiger partial charge in [0.2, 0.25) is 0 Å². The molecule has 2 aromatic carbocycles. The van der Waals surface area contributed by atoms with E-state index in [1.54, 1.807) is 11.1 Å². The van der Waals surface area contributed by atoms with Gasteiger partial charge in [0, 0.05) is 36.9 Å². The molecule has 4 aliphatic rings. The quantitative estimate of drug-likeness (QED) is 0.646. The van der Waals surface area contributed by atoms with E-state index < -0.39 is 0 Å². The second kappa shape index (κ2) is 9.96. The number of hydrogen-bond acceptors (Lipinski definition) is 4. The summed E-state index contributed by atoms with van der Waals surface area (Å²) in [7, 11) is 0. The zero-order valence-corrected chi connectivity index (χ0v) is 21.1. The molecule has 2 aromatic rings. The third-order valence-corrected chi connectivity index (χ3v) is 9.79. The van der Waals surface area contributed by atoms with Crippen LogP contribution in [-0.4, -0.2) is 43.7 Å². The van der Waals surface area contributed by atoms with E-state index >= 15 is 0 Å². The Bertz CT molecular complexity index is 1030. The van der Waals surface area contributed by atoms with Gasteiger partial charge in [-0.2, -0.15) is 5.26 Å². The highest BCUT2D eigenvalue weighted by atomic mass is 15.2. The number of anilines is 1. The molecule has 0 spiro atoms. The van der Waals surface area contributed by atoms with E-state index in [2.05, 4.69) is 57.6 Å². The van der Waals surface area contributed by atoms with Crippen LogP contribution in [0.1, 0.15) is 68.1 Å². The fourth-order valence-electron chi connectivity index (χ4n) is 8.04. The first-order chi connectivity index (χ1) is 17.3. The fourth-order valence-corrected chi connectivity index (χ4v) is 8.04. The van der Waals surface area contributed by atoms with Crippen molar-refractivity contribution >= 4 is 5.69 Å². The molecule has 1 aliphatic carbocycles. The van der Waals surface area contributed by atoms with Crippen molar-refractivity contribution in [2.24, 2.45) is 11.8 Å². The summed E-state index contributed by atoms with van der Waals surface area (Å²) in [6.45, 7) is 5.89. The number of nitrogens with zero attached hydrogens (tertiary/aromatic N) is 3. The number of rotatable bonds is 4. The first kappa shape index (κ1) is 23.1. The molecule has 0 amide bonds. The summed E-state index contributed by atoms with van der Waals surface area (Å²) >= 11 is 0. The maximum atomic E-state index is 9.07. The molecular formula is C31H40N4. The molecule has 1 unspecified atom stereocenters. The summed E-state index contributed by atoms with van der Waals surface area (Å²) < 4.78 is 0. The Labute approximate surface area is 211 Å². The van der Waals surface area contributed by atoms with Crippen molar-refractivity contribution in [1.82, 2.24) is 10.2 Å². The average Bonchev–Trinajstić information content (AvgIpc) is 3.49. The number of hydrogen-bond donors (Lipinski definition) is 1. The van der Waals surface area contributed by atoms with Gasteiger partial charge in [-0.1, -0.05) is 37.1 Å². The first-order valence-electron chi connectivity index (χ1n) is 14.1. The van der Waals surface area contributed by atoms with Crippen molar-refractivity contribution in [3.63, 3.8) is 0 Å². The van der Waals surface area contributed by atoms with Gasteiger partial charge in [0.25, 0.3) is 0 Å². The molecule has 1 N–H and O–H groups in total. The van der Waals surface area contributed by atoms with Gasteiger partial charge in [0.15, 0.2) is 0 Å². The van der Waals surface area contributed by atoms with Crippen LogP contribution >= 0.6 is 0 Å². The molecule has 2 saturated heterocycles. The standard InChI is InChI=1S/C31H40N4/c32-23-24-9-11-28(12-10-24)35-21-16-29(17-22-35)34-19-14-27(15-20-34)31(26-6-2-3-7-26)30-8-4-1-5-25(30)13-18-33-31/h1,4-5,8-12,26-27,29,33H,2-3,6-7,13-22H2. The Morgan fingerprint density at radius 2 is 1.49 bits per heavy atom. The van der Waals surface area contributed by atoms with Crippen molar-refractivity contribution in [3.8, 4) is 6.07 Å². The van der Waals surface area contributed by atoms with E-state index in [1.807, 2.05) is 12.1 Å². The zero-order chi connectivity index (χ0) is 23.7. The molecule has 35 heavy (non-hydrogen) atoms. The number of nitrogens with one attached hydrogen (secondary N) is 1. The molecule has 4 heteroatoms. The predicted octanol–water partition coefficient (Wildman–Crippen LogP) is 5.47. The van der Waals surface area contributed by atoms with Crippen LogP contribution in [-0.2, 0) is 12.0 Å². The van der Waals surface area contributed by atoms with Crippen molar-refractivity contribution in [2.45, 2.75) is 69.4 Å². The molecule has 3 fully saturated rings. The molecule has 3 aliphatic heterocycles. The smallest absolute Gasteiger partial charge is 0.0991 e. The number of nitriles is 1. The Kier molecular flexibility index (Phi) is 6.56. The Balaban J connectivity index is 1.12. The van der Waals surface area contributed by atoms with Crippen molar-refractivity contribution in [3.05, 3.63) is 65.2 Å².